The van der Waals surface area contributed by atoms with Gasteiger partial charge in [-0.2, -0.15) is 0 Å². The van der Waals surface area contributed by atoms with Gasteiger partial charge >= 0.3 is 0 Å². The van der Waals surface area contributed by atoms with Crippen molar-refractivity contribution >= 4 is 17.6 Å². The van der Waals surface area contributed by atoms with Crippen molar-refractivity contribution in [2.75, 3.05) is 57.8 Å². The zero-order chi connectivity index (χ0) is 21.2. The summed E-state index contributed by atoms with van der Waals surface area (Å²) in [5.41, 5.74) is 1.85. The van der Waals surface area contributed by atoms with Gasteiger partial charge in [0.1, 0.15) is 5.75 Å². The molecule has 2 aromatic carbocycles. The molecule has 1 aliphatic rings. The lowest BCUT2D eigenvalue weighted by Gasteiger charge is -2.37. The first-order chi connectivity index (χ1) is 14.7. The van der Waals surface area contributed by atoms with Gasteiger partial charge in [-0.1, -0.05) is 24.3 Å². The van der Waals surface area contributed by atoms with E-state index in [9.17, 15) is 4.79 Å². The Morgan fingerprint density at radius 3 is 2.50 bits per heavy atom. The standard InChI is InChI=1S/C23H31N5O2/c1-3-24-23(26-13-12-25-22(29)19-8-5-4-6-9-19)28-16-14-27(15-17-28)20-10-7-11-21(18-20)30-2/h4-11,18H,3,12-17H2,1-2H3,(H,24,26)(H,25,29). The number of carbonyl (C=O) groups excluding carboxylic acids is 1. The van der Waals surface area contributed by atoms with Crippen LogP contribution in [0.1, 0.15) is 17.3 Å². The van der Waals surface area contributed by atoms with Gasteiger partial charge in [-0.15, -0.1) is 0 Å². The van der Waals surface area contributed by atoms with Crippen LogP contribution in [0, 0.1) is 0 Å². The summed E-state index contributed by atoms with van der Waals surface area (Å²) in [6, 6.07) is 17.4. The second kappa shape index (κ2) is 11.1. The van der Waals surface area contributed by atoms with E-state index in [-0.39, 0.29) is 5.91 Å². The van der Waals surface area contributed by atoms with Crippen LogP contribution in [0.5, 0.6) is 5.75 Å². The molecule has 0 saturated carbocycles. The number of hydrogen-bond donors (Lipinski definition) is 2. The van der Waals surface area contributed by atoms with E-state index in [2.05, 4.69) is 39.5 Å². The Bertz CT molecular complexity index is 832. The molecular formula is C23H31N5O2. The van der Waals surface area contributed by atoms with Crippen LogP contribution in [0.2, 0.25) is 0 Å². The Morgan fingerprint density at radius 2 is 1.80 bits per heavy atom. The van der Waals surface area contributed by atoms with E-state index >= 15 is 0 Å². The fraction of sp³-hybridized carbons (Fsp3) is 0.391. The maximum absolute atomic E-state index is 12.1. The van der Waals surface area contributed by atoms with E-state index in [0.29, 0.717) is 18.7 Å². The molecule has 7 heteroatoms. The Kier molecular flexibility index (Phi) is 7.94. The van der Waals surface area contributed by atoms with Crippen molar-refractivity contribution < 1.29 is 9.53 Å². The van der Waals surface area contributed by atoms with Crippen LogP contribution in [0.15, 0.2) is 59.6 Å². The molecule has 1 heterocycles. The highest BCUT2D eigenvalue weighted by atomic mass is 16.5. The molecule has 0 atom stereocenters. The summed E-state index contributed by atoms with van der Waals surface area (Å²) in [5, 5.41) is 6.30. The lowest BCUT2D eigenvalue weighted by Crippen LogP contribution is -2.52. The Morgan fingerprint density at radius 1 is 1.03 bits per heavy atom. The van der Waals surface area contributed by atoms with Crippen LogP contribution in [-0.4, -0.2) is 69.7 Å². The highest BCUT2D eigenvalue weighted by Crippen LogP contribution is 2.22. The number of carbonyl (C=O) groups is 1. The predicted octanol–water partition coefficient (Wildman–Crippen LogP) is 2.21. The summed E-state index contributed by atoms with van der Waals surface area (Å²) in [7, 11) is 1.69. The number of anilines is 1. The molecule has 0 bridgehead atoms. The second-order valence-corrected chi connectivity index (χ2v) is 7.03. The van der Waals surface area contributed by atoms with Gasteiger partial charge in [-0.05, 0) is 31.2 Å². The van der Waals surface area contributed by atoms with Gasteiger partial charge in [0, 0.05) is 56.6 Å². The number of piperazine rings is 1. The van der Waals surface area contributed by atoms with Crippen LogP contribution in [-0.2, 0) is 0 Å². The minimum Gasteiger partial charge on any atom is -0.497 e. The topological polar surface area (TPSA) is 69.2 Å². The summed E-state index contributed by atoms with van der Waals surface area (Å²) in [6.45, 7) is 7.54. The zero-order valence-electron chi connectivity index (χ0n) is 17.8. The normalized spacial score (nSPS) is 14.4. The van der Waals surface area contributed by atoms with E-state index in [1.807, 2.05) is 42.5 Å². The van der Waals surface area contributed by atoms with Crippen molar-refractivity contribution in [3.8, 4) is 5.75 Å². The molecule has 2 aromatic rings. The Balaban J connectivity index is 1.50. The van der Waals surface area contributed by atoms with Crippen molar-refractivity contribution in [3.05, 3.63) is 60.2 Å². The molecule has 1 fully saturated rings. The maximum Gasteiger partial charge on any atom is 0.251 e. The monoisotopic (exact) mass is 409 g/mol. The molecule has 1 saturated heterocycles. The molecule has 1 aliphatic heterocycles. The molecule has 0 unspecified atom stereocenters. The third-order valence-corrected chi connectivity index (χ3v) is 5.03. The number of ether oxygens (including phenoxy) is 1. The van der Waals surface area contributed by atoms with Crippen LogP contribution in [0.25, 0.3) is 0 Å². The van der Waals surface area contributed by atoms with Gasteiger partial charge in [0.25, 0.3) is 5.91 Å². The minimum absolute atomic E-state index is 0.0669. The van der Waals surface area contributed by atoms with Crippen molar-refractivity contribution in [2.45, 2.75) is 6.92 Å². The van der Waals surface area contributed by atoms with Crippen LogP contribution < -0.4 is 20.3 Å². The highest BCUT2D eigenvalue weighted by Gasteiger charge is 2.20. The third-order valence-electron chi connectivity index (χ3n) is 5.03. The number of amides is 1. The van der Waals surface area contributed by atoms with Crippen LogP contribution >= 0.6 is 0 Å². The molecule has 160 valence electrons. The first kappa shape index (κ1) is 21.5. The number of benzene rings is 2. The largest absolute Gasteiger partial charge is 0.497 e. The van der Waals surface area contributed by atoms with Crippen molar-refractivity contribution in [1.29, 1.82) is 0 Å². The van der Waals surface area contributed by atoms with E-state index < -0.39 is 0 Å². The molecule has 3 rings (SSSR count). The molecule has 0 aliphatic carbocycles. The Hall–Kier alpha value is -3.22. The summed E-state index contributed by atoms with van der Waals surface area (Å²) < 4.78 is 5.34. The van der Waals surface area contributed by atoms with E-state index in [4.69, 9.17) is 9.73 Å². The second-order valence-electron chi connectivity index (χ2n) is 7.03. The SMILES string of the molecule is CCNC(=NCCNC(=O)c1ccccc1)N1CCN(c2cccc(OC)c2)CC1. The number of nitrogens with one attached hydrogen (secondary N) is 2. The smallest absolute Gasteiger partial charge is 0.251 e. The van der Waals surface area contributed by atoms with Crippen molar-refractivity contribution in [3.63, 3.8) is 0 Å². The molecule has 0 aromatic heterocycles. The van der Waals surface area contributed by atoms with Gasteiger partial charge < -0.3 is 25.2 Å². The first-order valence-electron chi connectivity index (χ1n) is 10.5. The molecule has 2 N–H and O–H groups in total. The third kappa shape index (κ3) is 5.89. The van der Waals surface area contributed by atoms with Crippen LogP contribution in [0.3, 0.4) is 0 Å². The summed E-state index contributed by atoms with van der Waals surface area (Å²) in [5.74, 6) is 1.71. The number of guanidine groups is 1. The van der Waals surface area contributed by atoms with Gasteiger partial charge in [-0.3, -0.25) is 9.79 Å². The number of hydrogen-bond acceptors (Lipinski definition) is 4. The summed E-state index contributed by atoms with van der Waals surface area (Å²) in [6.07, 6.45) is 0. The van der Waals surface area contributed by atoms with Crippen molar-refractivity contribution in [1.82, 2.24) is 15.5 Å². The molecule has 0 spiro atoms. The molecule has 7 nitrogen and oxygen atoms in total. The minimum atomic E-state index is -0.0669. The van der Waals surface area contributed by atoms with E-state index in [1.54, 1.807) is 7.11 Å². The predicted molar refractivity (Wildman–Crippen MR) is 122 cm³/mol. The zero-order valence-corrected chi connectivity index (χ0v) is 17.8. The summed E-state index contributed by atoms with van der Waals surface area (Å²) in [4.78, 5) is 21.5. The number of rotatable bonds is 7. The molecule has 1 amide bonds. The summed E-state index contributed by atoms with van der Waals surface area (Å²) >= 11 is 0. The highest BCUT2D eigenvalue weighted by molar-refractivity contribution is 5.94. The fourth-order valence-corrected chi connectivity index (χ4v) is 3.43. The van der Waals surface area contributed by atoms with Gasteiger partial charge in [-0.25, -0.2) is 0 Å². The number of methoxy groups -OCH3 is 1. The van der Waals surface area contributed by atoms with E-state index in [0.717, 1.165) is 44.4 Å². The van der Waals surface area contributed by atoms with Gasteiger partial charge in [0.15, 0.2) is 5.96 Å². The maximum atomic E-state index is 12.1. The lowest BCUT2D eigenvalue weighted by molar-refractivity contribution is 0.0955. The molecule has 30 heavy (non-hydrogen) atoms. The Labute approximate surface area is 178 Å². The van der Waals surface area contributed by atoms with Crippen molar-refractivity contribution in [2.24, 2.45) is 4.99 Å². The number of aliphatic imine (C=N–C) groups is 1. The average Bonchev–Trinajstić information content (AvgIpc) is 2.81. The van der Waals surface area contributed by atoms with Gasteiger partial charge in [0.2, 0.25) is 0 Å². The number of nitrogens with zero attached hydrogens (tertiary/aromatic N) is 3. The quantitative estimate of drug-likeness (QED) is 0.417. The van der Waals surface area contributed by atoms with Crippen LogP contribution in [0.4, 0.5) is 5.69 Å². The van der Waals surface area contributed by atoms with Gasteiger partial charge in [0.05, 0.1) is 13.7 Å². The molecular weight excluding hydrogens is 378 g/mol. The molecule has 0 radical (unpaired) electrons. The average molecular weight is 410 g/mol. The lowest BCUT2D eigenvalue weighted by atomic mass is 10.2. The fourth-order valence-electron chi connectivity index (χ4n) is 3.43. The first-order valence-corrected chi connectivity index (χ1v) is 10.5. The van der Waals surface area contributed by atoms with E-state index in [1.165, 1.54) is 5.69 Å².